The lowest BCUT2D eigenvalue weighted by atomic mass is 10.0. The average Bonchev–Trinajstić information content (AvgIpc) is 2.99. The average molecular weight is 596 g/mol. The van der Waals surface area contributed by atoms with Gasteiger partial charge in [-0.15, -0.1) is 0 Å². The van der Waals surface area contributed by atoms with E-state index in [1.165, 1.54) is 141 Å². The molecule has 4 N–H and O–H groups in total. The molecule has 0 fully saturated rings. The van der Waals surface area contributed by atoms with E-state index in [-0.39, 0.29) is 6.61 Å². The Morgan fingerprint density at radius 2 is 0.929 bits per heavy atom. The summed E-state index contributed by atoms with van der Waals surface area (Å²) in [5.41, 5.74) is 0. The fraction of sp³-hybridized carbons (Fsp3) is 0.919. The molecule has 0 heterocycles. The van der Waals surface area contributed by atoms with Gasteiger partial charge in [-0.2, -0.15) is 0 Å². The van der Waals surface area contributed by atoms with Crippen LogP contribution in [-0.4, -0.2) is 46.1 Å². The highest BCUT2D eigenvalue weighted by Crippen LogP contribution is 2.15. The first-order valence-corrected chi connectivity index (χ1v) is 18.5. The minimum Gasteiger partial charge on any atom is -0.394 e. The van der Waals surface area contributed by atoms with Gasteiger partial charge < -0.3 is 20.6 Å². The first-order valence-electron chi connectivity index (χ1n) is 18.5. The third-order valence-electron chi connectivity index (χ3n) is 8.63. The highest BCUT2D eigenvalue weighted by Gasteiger charge is 2.22. The normalized spacial score (nSPS) is 13.9. The third-order valence-corrected chi connectivity index (χ3v) is 8.63. The Kier molecular flexibility index (Phi) is 32.3. The second kappa shape index (κ2) is 33.0. The van der Waals surface area contributed by atoms with E-state index in [0.29, 0.717) is 6.42 Å². The molecule has 0 radical (unpaired) electrons. The molecule has 1 amide bonds. The first kappa shape index (κ1) is 41.1. The highest BCUT2D eigenvalue weighted by molar-refractivity contribution is 5.80. The van der Waals surface area contributed by atoms with Crippen molar-refractivity contribution in [1.82, 2.24) is 5.32 Å². The van der Waals surface area contributed by atoms with Crippen LogP contribution in [0.5, 0.6) is 0 Å². The van der Waals surface area contributed by atoms with Crippen molar-refractivity contribution in [3.8, 4) is 0 Å². The number of unbranched alkanes of at least 4 members (excludes halogenated alkanes) is 25. The zero-order chi connectivity index (χ0) is 30.9. The summed E-state index contributed by atoms with van der Waals surface area (Å²) < 4.78 is 0. The maximum Gasteiger partial charge on any atom is 0.249 e. The maximum absolute atomic E-state index is 12.4. The molecule has 3 unspecified atom stereocenters. The zero-order valence-electron chi connectivity index (χ0n) is 28.1. The summed E-state index contributed by atoms with van der Waals surface area (Å²) in [5, 5.41) is 32.9. The monoisotopic (exact) mass is 596 g/mol. The Morgan fingerprint density at radius 3 is 1.31 bits per heavy atom. The van der Waals surface area contributed by atoms with Crippen molar-refractivity contribution < 1.29 is 20.1 Å². The quantitative estimate of drug-likeness (QED) is 0.0449. The molecule has 0 aromatic rings. The van der Waals surface area contributed by atoms with Crippen molar-refractivity contribution in [2.24, 2.45) is 0 Å². The Morgan fingerprint density at radius 1 is 0.571 bits per heavy atom. The standard InChI is InChI=1S/C37H73NO4/c1-3-5-7-9-11-13-15-16-17-18-19-20-21-22-24-26-28-30-32-36(41)37(42)38-34(33-39)35(40)31-29-27-25-23-14-12-10-8-6-4-2/h29,31,34-36,39-41H,3-28,30,32-33H2,1-2H3,(H,38,42)/b31-29+. The molecule has 0 aliphatic carbocycles. The summed E-state index contributed by atoms with van der Waals surface area (Å²) in [7, 11) is 0. The summed E-state index contributed by atoms with van der Waals surface area (Å²) in [4.78, 5) is 12.4. The predicted octanol–water partition coefficient (Wildman–Crippen LogP) is 9.70. The van der Waals surface area contributed by atoms with Gasteiger partial charge in [0.25, 0.3) is 0 Å². The molecule has 0 saturated carbocycles. The van der Waals surface area contributed by atoms with Gasteiger partial charge in [-0.05, 0) is 19.3 Å². The zero-order valence-corrected chi connectivity index (χ0v) is 28.1. The van der Waals surface area contributed by atoms with Gasteiger partial charge in [0, 0.05) is 0 Å². The highest BCUT2D eigenvalue weighted by atomic mass is 16.3. The van der Waals surface area contributed by atoms with Crippen molar-refractivity contribution in [1.29, 1.82) is 0 Å². The molecule has 0 aromatic heterocycles. The van der Waals surface area contributed by atoms with E-state index in [0.717, 1.165) is 32.1 Å². The lowest BCUT2D eigenvalue weighted by Crippen LogP contribution is -2.48. The van der Waals surface area contributed by atoms with E-state index in [4.69, 9.17) is 0 Å². The lowest BCUT2D eigenvalue weighted by Gasteiger charge is -2.21. The van der Waals surface area contributed by atoms with Crippen LogP contribution in [0.25, 0.3) is 0 Å². The summed E-state index contributed by atoms with van der Waals surface area (Å²) in [6, 6.07) is -0.790. The van der Waals surface area contributed by atoms with Crippen LogP contribution in [0.15, 0.2) is 12.2 Å². The Hall–Kier alpha value is -0.910. The van der Waals surface area contributed by atoms with Gasteiger partial charge in [-0.25, -0.2) is 0 Å². The van der Waals surface area contributed by atoms with Crippen LogP contribution >= 0.6 is 0 Å². The van der Waals surface area contributed by atoms with Crippen molar-refractivity contribution in [3.63, 3.8) is 0 Å². The molecule has 0 aliphatic rings. The van der Waals surface area contributed by atoms with Crippen molar-refractivity contribution >= 4 is 5.91 Å². The number of aliphatic hydroxyl groups is 3. The van der Waals surface area contributed by atoms with Crippen LogP contribution in [0.1, 0.15) is 194 Å². The van der Waals surface area contributed by atoms with E-state index in [9.17, 15) is 20.1 Å². The van der Waals surface area contributed by atoms with Crippen LogP contribution < -0.4 is 5.32 Å². The minimum atomic E-state index is -1.09. The molecule has 0 rings (SSSR count). The van der Waals surface area contributed by atoms with E-state index in [1.807, 2.05) is 6.08 Å². The topological polar surface area (TPSA) is 89.8 Å². The van der Waals surface area contributed by atoms with Gasteiger partial charge in [0.2, 0.25) is 5.91 Å². The molecule has 250 valence electrons. The largest absolute Gasteiger partial charge is 0.394 e. The number of hydrogen-bond donors (Lipinski definition) is 4. The number of allylic oxidation sites excluding steroid dienone is 1. The van der Waals surface area contributed by atoms with Crippen molar-refractivity contribution in [2.75, 3.05) is 6.61 Å². The van der Waals surface area contributed by atoms with Crippen LogP contribution in [-0.2, 0) is 4.79 Å². The van der Waals surface area contributed by atoms with Crippen LogP contribution in [0.4, 0.5) is 0 Å². The fourth-order valence-corrected chi connectivity index (χ4v) is 5.65. The molecule has 0 saturated heterocycles. The number of hydrogen-bond acceptors (Lipinski definition) is 4. The molecule has 42 heavy (non-hydrogen) atoms. The second-order valence-corrected chi connectivity index (χ2v) is 12.8. The van der Waals surface area contributed by atoms with Crippen LogP contribution in [0.2, 0.25) is 0 Å². The van der Waals surface area contributed by atoms with Gasteiger partial charge in [0.05, 0.1) is 18.8 Å². The van der Waals surface area contributed by atoms with Gasteiger partial charge in [0.15, 0.2) is 0 Å². The first-order chi connectivity index (χ1) is 20.6. The number of rotatable bonds is 33. The fourth-order valence-electron chi connectivity index (χ4n) is 5.65. The third kappa shape index (κ3) is 27.9. The number of amides is 1. The Balaban J connectivity index is 3.67. The van der Waals surface area contributed by atoms with E-state index >= 15 is 0 Å². The predicted molar refractivity (Wildman–Crippen MR) is 181 cm³/mol. The van der Waals surface area contributed by atoms with Gasteiger partial charge in [-0.1, -0.05) is 187 Å². The van der Waals surface area contributed by atoms with Gasteiger partial charge in [0.1, 0.15) is 6.10 Å². The van der Waals surface area contributed by atoms with Crippen LogP contribution in [0.3, 0.4) is 0 Å². The molecule has 0 aliphatic heterocycles. The number of aliphatic hydroxyl groups excluding tert-OH is 3. The van der Waals surface area contributed by atoms with Gasteiger partial charge >= 0.3 is 0 Å². The summed E-state index contributed by atoms with van der Waals surface area (Å²) >= 11 is 0. The summed E-state index contributed by atoms with van der Waals surface area (Å²) in [6.07, 6.45) is 36.6. The molecule has 5 nitrogen and oxygen atoms in total. The molecule has 3 atom stereocenters. The molecule has 0 bridgehead atoms. The second-order valence-electron chi connectivity index (χ2n) is 12.8. The van der Waals surface area contributed by atoms with Crippen molar-refractivity contribution in [3.05, 3.63) is 12.2 Å². The van der Waals surface area contributed by atoms with Crippen molar-refractivity contribution in [2.45, 2.75) is 212 Å². The maximum atomic E-state index is 12.4. The molecule has 5 heteroatoms. The smallest absolute Gasteiger partial charge is 0.249 e. The number of carbonyl (C=O) groups is 1. The van der Waals surface area contributed by atoms with E-state index < -0.39 is 24.2 Å². The van der Waals surface area contributed by atoms with Gasteiger partial charge in [-0.3, -0.25) is 4.79 Å². The van der Waals surface area contributed by atoms with Crippen LogP contribution in [0, 0.1) is 0 Å². The van der Waals surface area contributed by atoms with E-state index in [1.54, 1.807) is 6.08 Å². The van der Waals surface area contributed by atoms with E-state index in [2.05, 4.69) is 19.2 Å². The Bertz CT molecular complexity index is 582. The summed E-state index contributed by atoms with van der Waals surface area (Å²) in [6.45, 7) is 4.15. The minimum absolute atomic E-state index is 0.360. The summed E-state index contributed by atoms with van der Waals surface area (Å²) in [5.74, 6) is -0.503. The molecule has 0 spiro atoms. The molecule has 0 aromatic carbocycles. The molecular weight excluding hydrogens is 522 g/mol. The Labute approximate surface area is 261 Å². The lowest BCUT2D eigenvalue weighted by molar-refractivity contribution is -0.131. The number of nitrogens with one attached hydrogen (secondary N) is 1. The number of carbonyl (C=O) groups excluding carboxylic acids is 1. The molecular formula is C37H73NO4. The SMILES string of the molecule is CCCCCCCCCC/C=C/C(O)C(CO)NC(=O)C(O)CCCCCCCCCCCCCCCCCCCC.